The first-order valence-corrected chi connectivity index (χ1v) is 9.98. The van der Waals surface area contributed by atoms with Crippen LogP contribution in [-0.2, 0) is 21.5 Å². The van der Waals surface area contributed by atoms with Gasteiger partial charge in [-0.3, -0.25) is 4.79 Å². The zero-order chi connectivity index (χ0) is 17.7. The lowest BCUT2D eigenvalue weighted by molar-refractivity contribution is -0.146. The molecule has 1 saturated carbocycles. The Morgan fingerprint density at radius 3 is 2.81 bits per heavy atom. The van der Waals surface area contributed by atoms with Crippen LogP contribution in [0, 0.1) is 17.8 Å². The van der Waals surface area contributed by atoms with E-state index in [2.05, 4.69) is 25.1 Å². The van der Waals surface area contributed by atoms with Crippen molar-refractivity contribution < 1.29 is 9.53 Å². The SMILES string of the molecule is COCC(=O)N1CCc2[nH]cnc2C12CCN(CC1[C@H]3CNC[C@@H]13)CC2. The number of piperidine rings is 2. The molecule has 4 aliphatic rings. The van der Waals surface area contributed by atoms with Crippen molar-refractivity contribution in [2.75, 3.05) is 53.0 Å². The molecule has 3 fully saturated rings. The molecule has 3 aliphatic heterocycles. The average molecular weight is 359 g/mol. The second-order valence-electron chi connectivity index (χ2n) is 8.44. The van der Waals surface area contributed by atoms with E-state index >= 15 is 0 Å². The Balaban J connectivity index is 1.32. The fraction of sp³-hybridized carbons (Fsp3) is 0.789. The van der Waals surface area contributed by atoms with Crippen LogP contribution in [-0.4, -0.2) is 78.7 Å². The number of likely N-dealkylation sites (tertiary alicyclic amines) is 1. The minimum atomic E-state index is -0.249. The smallest absolute Gasteiger partial charge is 0.249 e. The van der Waals surface area contributed by atoms with Gasteiger partial charge in [0, 0.05) is 45.4 Å². The second kappa shape index (κ2) is 6.32. The molecule has 1 amide bonds. The highest BCUT2D eigenvalue weighted by molar-refractivity contribution is 5.79. The second-order valence-corrected chi connectivity index (χ2v) is 8.44. The predicted octanol–water partition coefficient (Wildman–Crippen LogP) is 0.197. The molecule has 7 nitrogen and oxygen atoms in total. The number of aromatic amines is 1. The number of amides is 1. The molecule has 0 bridgehead atoms. The van der Waals surface area contributed by atoms with Crippen LogP contribution in [0.25, 0.3) is 0 Å². The van der Waals surface area contributed by atoms with Crippen molar-refractivity contribution in [2.45, 2.75) is 24.8 Å². The van der Waals surface area contributed by atoms with E-state index < -0.39 is 0 Å². The quantitative estimate of drug-likeness (QED) is 0.803. The van der Waals surface area contributed by atoms with Crippen LogP contribution in [0.15, 0.2) is 6.33 Å². The molecule has 1 aliphatic carbocycles. The minimum absolute atomic E-state index is 0.0948. The van der Waals surface area contributed by atoms with Crippen LogP contribution < -0.4 is 5.32 Å². The molecule has 0 aromatic carbocycles. The first-order valence-electron chi connectivity index (χ1n) is 9.98. The Morgan fingerprint density at radius 1 is 1.31 bits per heavy atom. The van der Waals surface area contributed by atoms with Crippen molar-refractivity contribution in [2.24, 2.45) is 17.8 Å². The lowest BCUT2D eigenvalue weighted by Crippen LogP contribution is -2.59. The zero-order valence-corrected chi connectivity index (χ0v) is 15.5. The molecule has 2 N–H and O–H groups in total. The maximum Gasteiger partial charge on any atom is 0.249 e. The fourth-order valence-electron chi connectivity index (χ4n) is 5.77. The van der Waals surface area contributed by atoms with Crippen molar-refractivity contribution in [1.29, 1.82) is 0 Å². The number of methoxy groups -OCH3 is 1. The van der Waals surface area contributed by atoms with Crippen molar-refractivity contribution in [1.82, 2.24) is 25.1 Å². The number of hydrogen-bond acceptors (Lipinski definition) is 5. The summed E-state index contributed by atoms with van der Waals surface area (Å²) >= 11 is 0. The van der Waals surface area contributed by atoms with E-state index in [1.807, 2.05) is 0 Å². The van der Waals surface area contributed by atoms with Crippen LogP contribution >= 0.6 is 0 Å². The number of ether oxygens (including phenoxy) is 1. The van der Waals surface area contributed by atoms with Gasteiger partial charge in [0.15, 0.2) is 0 Å². The molecule has 1 aromatic heterocycles. The Kier molecular flexibility index (Phi) is 4.06. The molecule has 1 aromatic rings. The van der Waals surface area contributed by atoms with Gasteiger partial charge in [-0.25, -0.2) is 4.98 Å². The van der Waals surface area contributed by atoms with Gasteiger partial charge >= 0.3 is 0 Å². The number of nitrogens with one attached hydrogen (secondary N) is 2. The maximum atomic E-state index is 12.7. The molecular weight excluding hydrogens is 330 g/mol. The highest BCUT2D eigenvalue weighted by Gasteiger charge is 2.54. The average Bonchev–Trinajstić information content (AvgIpc) is 3.04. The molecule has 26 heavy (non-hydrogen) atoms. The number of aromatic nitrogens is 2. The third-order valence-corrected chi connectivity index (χ3v) is 7.25. The van der Waals surface area contributed by atoms with E-state index in [0.717, 1.165) is 62.3 Å². The molecule has 2 saturated heterocycles. The number of carbonyl (C=O) groups is 1. The number of hydrogen-bond donors (Lipinski definition) is 2. The number of imidazole rings is 1. The van der Waals surface area contributed by atoms with Crippen LogP contribution in [0.1, 0.15) is 24.2 Å². The first kappa shape index (κ1) is 16.7. The summed E-state index contributed by atoms with van der Waals surface area (Å²) in [7, 11) is 1.60. The summed E-state index contributed by atoms with van der Waals surface area (Å²) in [5.41, 5.74) is 2.06. The van der Waals surface area contributed by atoms with Crippen molar-refractivity contribution in [3.05, 3.63) is 17.7 Å². The van der Waals surface area contributed by atoms with Gasteiger partial charge in [-0.2, -0.15) is 0 Å². The van der Waals surface area contributed by atoms with Crippen molar-refractivity contribution in [3.8, 4) is 0 Å². The Labute approximate surface area is 154 Å². The normalized spacial score (nSPS) is 32.5. The molecule has 1 unspecified atom stereocenters. The molecule has 5 rings (SSSR count). The summed E-state index contributed by atoms with van der Waals surface area (Å²) in [6.07, 6.45) is 4.59. The summed E-state index contributed by atoms with van der Waals surface area (Å²) in [5.74, 6) is 2.82. The largest absolute Gasteiger partial charge is 0.375 e. The van der Waals surface area contributed by atoms with E-state index in [9.17, 15) is 4.79 Å². The van der Waals surface area contributed by atoms with E-state index in [1.54, 1.807) is 13.4 Å². The molecule has 3 atom stereocenters. The Bertz CT molecular complexity index is 671. The third kappa shape index (κ3) is 2.52. The molecule has 7 heteroatoms. The van der Waals surface area contributed by atoms with Gasteiger partial charge in [0.1, 0.15) is 6.61 Å². The Morgan fingerprint density at radius 2 is 2.08 bits per heavy atom. The fourth-order valence-corrected chi connectivity index (χ4v) is 5.77. The van der Waals surface area contributed by atoms with Crippen molar-refractivity contribution >= 4 is 5.91 Å². The summed E-state index contributed by atoms with van der Waals surface area (Å²) in [6, 6.07) is 0. The number of fused-ring (bicyclic) bond motifs is 3. The highest BCUT2D eigenvalue weighted by atomic mass is 16.5. The summed E-state index contributed by atoms with van der Waals surface area (Å²) in [6.45, 7) is 6.66. The van der Waals surface area contributed by atoms with Crippen molar-refractivity contribution in [3.63, 3.8) is 0 Å². The first-order chi connectivity index (χ1) is 12.7. The topological polar surface area (TPSA) is 73.5 Å². The number of carbonyl (C=O) groups excluding carboxylic acids is 1. The number of rotatable bonds is 4. The van der Waals surface area contributed by atoms with Gasteiger partial charge < -0.3 is 24.8 Å². The maximum absolute atomic E-state index is 12.7. The third-order valence-electron chi connectivity index (χ3n) is 7.25. The van der Waals surface area contributed by atoms with Gasteiger partial charge in [-0.1, -0.05) is 0 Å². The number of H-pyrrole nitrogens is 1. The Hall–Kier alpha value is -1.44. The summed E-state index contributed by atoms with van der Waals surface area (Å²) in [4.78, 5) is 25.4. The van der Waals surface area contributed by atoms with Gasteiger partial charge in [-0.05, 0) is 43.7 Å². The number of nitrogens with zero attached hydrogens (tertiary/aromatic N) is 3. The monoisotopic (exact) mass is 359 g/mol. The lowest BCUT2D eigenvalue weighted by Gasteiger charge is -2.50. The molecular formula is C19H29N5O2. The van der Waals surface area contributed by atoms with E-state index in [-0.39, 0.29) is 18.1 Å². The zero-order valence-electron chi connectivity index (χ0n) is 15.5. The van der Waals surface area contributed by atoms with Crippen LogP contribution in [0.2, 0.25) is 0 Å². The van der Waals surface area contributed by atoms with Gasteiger partial charge in [0.25, 0.3) is 0 Å². The summed E-state index contributed by atoms with van der Waals surface area (Å²) in [5, 5.41) is 3.49. The van der Waals surface area contributed by atoms with Crippen LogP contribution in [0.5, 0.6) is 0 Å². The van der Waals surface area contributed by atoms with Gasteiger partial charge in [0.05, 0.1) is 17.6 Å². The lowest BCUT2D eigenvalue weighted by atomic mass is 9.78. The van der Waals surface area contributed by atoms with Crippen LogP contribution in [0.4, 0.5) is 0 Å². The standard InChI is InChI=1S/C19H29N5O2/c1-26-11-17(25)24-5-2-16-18(22-12-21-16)19(24)3-6-23(7-4-19)10-15-13-8-20-9-14(13)15/h12-15,20H,2-11H2,1H3,(H,21,22)/t13-,14+,15?. The molecule has 0 radical (unpaired) electrons. The van der Waals surface area contributed by atoms with Gasteiger partial charge in [0.2, 0.25) is 5.91 Å². The van der Waals surface area contributed by atoms with Gasteiger partial charge in [-0.15, -0.1) is 0 Å². The van der Waals surface area contributed by atoms with E-state index in [0.29, 0.717) is 0 Å². The molecule has 142 valence electrons. The predicted molar refractivity (Wildman–Crippen MR) is 96.6 cm³/mol. The summed E-state index contributed by atoms with van der Waals surface area (Å²) < 4.78 is 5.15. The molecule has 1 spiro atoms. The van der Waals surface area contributed by atoms with E-state index in [4.69, 9.17) is 4.74 Å². The van der Waals surface area contributed by atoms with E-state index in [1.165, 1.54) is 25.3 Å². The molecule has 4 heterocycles. The minimum Gasteiger partial charge on any atom is -0.375 e. The van der Waals surface area contributed by atoms with Crippen LogP contribution in [0.3, 0.4) is 0 Å². The highest BCUT2D eigenvalue weighted by Crippen LogP contribution is 2.50.